The lowest BCUT2D eigenvalue weighted by atomic mass is 9.88. The third-order valence-corrected chi connectivity index (χ3v) is 9.96. The van der Waals surface area contributed by atoms with Gasteiger partial charge in [-0.15, -0.1) is 11.3 Å². The van der Waals surface area contributed by atoms with Crippen molar-refractivity contribution in [2.75, 3.05) is 32.0 Å². The Hall–Kier alpha value is -3.43. The number of aromatic nitrogens is 2. The minimum absolute atomic E-state index is 0. The molecule has 2 aromatic heterocycles. The molecule has 43 heavy (non-hydrogen) atoms. The van der Waals surface area contributed by atoms with Crippen molar-refractivity contribution in [2.24, 2.45) is 5.73 Å². The molecule has 0 radical (unpaired) electrons. The predicted molar refractivity (Wildman–Crippen MR) is 181 cm³/mol. The molecule has 232 valence electrons. The van der Waals surface area contributed by atoms with Crippen molar-refractivity contribution in [3.63, 3.8) is 0 Å². The van der Waals surface area contributed by atoms with E-state index in [9.17, 15) is 4.79 Å². The zero-order valence-corrected chi connectivity index (χ0v) is 26.3. The molecule has 3 heterocycles. The maximum atomic E-state index is 13.1. The van der Waals surface area contributed by atoms with E-state index in [2.05, 4.69) is 51.8 Å². The fraction of sp³-hybridized carbons (Fsp3) is 0.500. The standard InChI is InChI=1S/C33H45N7OS.CH4/c1-5-6-11-26(22(2)35-4)29-21-38-32(42-29)27(19-34)30(24-9-7-10-24)39-28-18-25(20-37-23(28)3)31(41)36-15-17-40-16-8-12-33(40)13-14-33;/h6,11,18-21,35,39H,5,7-10,12-17,34H2,1-4H3,(H,36,41);1H4/b11-6+,26-22+,27-19-;. The fourth-order valence-electron chi connectivity index (χ4n) is 5.88. The van der Waals surface area contributed by atoms with Gasteiger partial charge in [0.2, 0.25) is 0 Å². The van der Waals surface area contributed by atoms with E-state index >= 15 is 0 Å². The highest BCUT2D eigenvalue weighted by Gasteiger charge is 2.50. The van der Waals surface area contributed by atoms with Gasteiger partial charge in [-0.05, 0) is 83.4 Å². The number of nitrogens with zero attached hydrogens (tertiary/aromatic N) is 3. The molecule has 1 saturated heterocycles. The molecule has 1 spiro atoms. The van der Waals surface area contributed by atoms with Crippen LogP contribution in [0.25, 0.3) is 11.1 Å². The minimum Gasteiger partial charge on any atom is -0.404 e. The van der Waals surface area contributed by atoms with E-state index in [0.29, 0.717) is 17.6 Å². The second-order valence-electron chi connectivity index (χ2n) is 11.6. The van der Waals surface area contributed by atoms with Crippen LogP contribution >= 0.6 is 11.3 Å². The first-order valence-corrected chi connectivity index (χ1v) is 16.1. The largest absolute Gasteiger partial charge is 0.404 e. The number of hydrogen-bond donors (Lipinski definition) is 4. The number of allylic oxidation sites excluding steroid dienone is 6. The molecule has 0 atom stereocenters. The monoisotopic (exact) mass is 603 g/mol. The number of carbonyl (C=O) groups excluding carboxylic acids is 1. The Labute approximate surface area is 261 Å². The maximum absolute atomic E-state index is 13.1. The van der Waals surface area contributed by atoms with Crippen molar-refractivity contribution in [2.45, 2.75) is 85.1 Å². The van der Waals surface area contributed by atoms with Gasteiger partial charge >= 0.3 is 0 Å². The molecule has 5 N–H and O–H groups in total. The second kappa shape index (κ2) is 14.4. The first kappa shape index (κ1) is 32.5. The summed E-state index contributed by atoms with van der Waals surface area (Å²) in [7, 11) is 1.94. The number of likely N-dealkylation sites (tertiary alicyclic amines) is 1. The topological polar surface area (TPSA) is 108 Å². The summed E-state index contributed by atoms with van der Waals surface area (Å²) < 4.78 is 0. The first-order chi connectivity index (χ1) is 20.4. The van der Waals surface area contributed by atoms with Gasteiger partial charge in [-0.25, -0.2) is 4.98 Å². The van der Waals surface area contributed by atoms with Crippen molar-refractivity contribution in [3.05, 3.63) is 74.9 Å². The minimum atomic E-state index is -0.0917. The highest BCUT2D eigenvalue weighted by molar-refractivity contribution is 7.14. The Kier molecular flexibility index (Phi) is 10.8. The summed E-state index contributed by atoms with van der Waals surface area (Å²) in [4.78, 5) is 26.1. The van der Waals surface area contributed by atoms with E-state index in [1.807, 2.05) is 26.2 Å². The van der Waals surface area contributed by atoms with Crippen LogP contribution in [0.15, 0.2) is 53.8 Å². The molecule has 3 fully saturated rings. The van der Waals surface area contributed by atoms with Crippen LogP contribution in [-0.4, -0.2) is 53.0 Å². The van der Waals surface area contributed by atoms with E-state index in [0.717, 1.165) is 82.6 Å². The van der Waals surface area contributed by atoms with Crippen molar-refractivity contribution >= 4 is 34.1 Å². The van der Waals surface area contributed by atoms with Gasteiger partial charge in [0, 0.05) is 66.8 Å². The van der Waals surface area contributed by atoms with Gasteiger partial charge < -0.3 is 21.7 Å². The molecular formula is C34H49N7OS. The molecular weight excluding hydrogens is 554 g/mol. The first-order valence-electron chi connectivity index (χ1n) is 15.3. The molecule has 3 aliphatic rings. The average Bonchev–Trinajstić information content (AvgIpc) is 3.40. The molecule has 2 aliphatic carbocycles. The normalized spacial score (nSPS) is 18.2. The summed E-state index contributed by atoms with van der Waals surface area (Å²) in [6.45, 7) is 8.87. The van der Waals surface area contributed by atoms with Gasteiger partial charge in [-0.3, -0.25) is 14.7 Å². The summed E-state index contributed by atoms with van der Waals surface area (Å²) in [5, 5.41) is 10.9. The molecule has 5 rings (SSSR count). The predicted octanol–water partition coefficient (Wildman–Crippen LogP) is 6.61. The molecule has 1 amide bonds. The Morgan fingerprint density at radius 3 is 2.63 bits per heavy atom. The molecule has 1 aliphatic heterocycles. The van der Waals surface area contributed by atoms with Crippen LogP contribution in [0.4, 0.5) is 5.69 Å². The van der Waals surface area contributed by atoms with Gasteiger partial charge in [0.25, 0.3) is 5.91 Å². The Morgan fingerprint density at radius 2 is 1.98 bits per heavy atom. The number of aryl methyl sites for hydroxylation is 1. The molecule has 2 aromatic rings. The number of pyridine rings is 1. The summed E-state index contributed by atoms with van der Waals surface area (Å²) in [6, 6.07) is 1.91. The van der Waals surface area contributed by atoms with Gasteiger partial charge in [-0.2, -0.15) is 0 Å². The number of carbonyl (C=O) groups is 1. The summed E-state index contributed by atoms with van der Waals surface area (Å²) >= 11 is 1.63. The number of nitrogens with one attached hydrogen (secondary N) is 3. The van der Waals surface area contributed by atoms with Crippen LogP contribution in [-0.2, 0) is 0 Å². The molecule has 0 aromatic carbocycles. The van der Waals surface area contributed by atoms with Gasteiger partial charge in [0.05, 0.1) is 21.8 Å². The number of amides is 1. The van der Waals surface area contributed by atoms with Gasteiger partial charge in [0.1, 0.15) is 5.01 Å². The Balaban J connectivity index is 0.00000423. The number of anilines is 1. The highest BCUT2D eigenvalue weighted by atomic mass is 32.1. The lowest BCUT2D eigenvalue weighted by Crippen LogP contribution is -2.38. The maximum Gasteiger partial charge on any atom is 0.252 e. The summed E-state index contributed by atoms with van der Waals surface area (Å²) in [5.74, 6) is -0.0917. The molecule has 8 nitrogen and oxygen atoms in total. The SMILES string of the molecule is C.CC/C=C/C(=C(/C)NC)c1cnc(/C(=C\N)C(Nc2cc(C(=O)NCCN3CCCC34CC4)cnc2C)=C2CCC2)s1. The Bertz CT molecular complexity index is 1420. The summed E-state index contributed by atoms with van der Waals surface area (Å²) in [5.41, 5.74) is 14.3. The van der Waals surface area contributed by atoms with Crippen LogP contribution < -0.4 is 21.7 Å². The smallest absolute Gasteiger partial charge is 0.252 e. The second-order valence-corrected chi connectivity index (χ2v) is 12.6. The zero-order valence-electron chi connectivity index (χ0n) is 25.5. The molecule has 2 saturated carbocycles. The third-order valence-electron chi connectivity index (χ3n) is 8.89. The average molecular weight is 604 g/mol. The van der Waals surface area contributed by atoms with E-state index in [-0.39, 0.29) is 13.3 Å². The lowest BCUT2D eigenvalue weighted by Gasteiger charge is -2.25. The number of nitrogens with two attached hydrogens (primary N) is 1. The van der Waals surface area contributed by atoms with Crippen LogP contribution in [0.2, 0.25) is 0 Å². The van der Waals surface area contributed by atoms with Gasteiger partial charge in [-0.1, -0.05) is 26.5 Å². The van der Waals surface area contributed by atoms with Crippen LogP contribution in [0, 0.1) is 6.92 Å². The third kappa shape index (κ3) is 7.21. The van der Waals surface area contributed by atoms with Crippen molar-refractivity contribution in [3.8, 4) is 0 Å². The van der Waals surface area contributed by atoms with E-state index in [1.165, 1.54) is 31.3 Å². The number of thiazole rings is 1. The lowest BCUT2D eigenvalue weighted by molar-refractivity contribution is 0.0945. The van der Waals surface area contributed by atoms with Crippen LogP contribution in [0.1, 0.15) is 98.6 Å². The highest BCUT2D eigenvalue weighted by Crippen LogP contribution is 2.49. The van der Waals surface area contributed by atoms with Crippen LogP contribution in [0.5, 0.6) is 0 Å². The number of hydrogen-bond acceptors (Lipinski definition) is 8. The van der Waals surface area contributed by atoms with Crippen molar-refractivity contribution < 1.29 is 4.79 Å². The molecule has 9 heteroatoms. The fourth-order valence-corrected chi connectivity index (χ4v) is 6.91. The van der Waals surface area contributed by atoms with E-state index in [4.69, 9.17) is 10.7 Å². The quantitative estimate of drug-likeness (QED) is 0.202. The van der Waals surface area contributed by atoms with Crippen molar-refractivity contribution in [1.82, 2.24) is 25.5 Å². The van der Waals surface area contributed by atoms with E-state index in [1.54, 1.807) is 23.7 Å². The van der Waals surface area contributed by atoms with Crippen molar-refractivity contribution in [1.29, 1.82) is 0 Å². The number of rotatable bonds is 12. The molecule has 0 bridgehead atoms. The van der Waals surface area contributed by atoms with Gasteiger partial charge in [0.15, 0.2) is 0 Å². The summed E-state index contributed by atoms with van der Waals surface area (Å²) in [6.07, 6.45) is 18.9. The van der Waals surface area contributed by atoms with Crippen LogP contribution in [0.3, 0.4) is 0 Å². The molecule has 0 unspecified atom stereocenters. The Morgan fingerprint density at radius 1 is 1.19 bits per heavy atom. The zero-order chi connectivity index (χ0) is 29.7. The van der Waals surface area contributed by atoms with E-state index < -0.39 is 0 Å².